The van der Waals surface area contributed by atoms with E-state index in [1.54, 1.807) is 0 Å². The summed E-state index contributed by atoms with van der Waals surface area (Å²) in [5, 5.41) is 16.7. The fourth-order valence-electron chi connectivity index (χ4n) is 6.45. The van der Waals surface area contributed by atoms with Crippen LogP contribution < -0.4 is 26.6 Å². The summed E-state index contributed by atoms with van der Waals surface area (Å²) in [5.74, 6) is 1.52. The molecule has 0 fully saturated rings. The van der Waals surface area contributed by atoms with E-state index in [1.165, 1.54) is 6.42 Å². The lowest BCUT2D eigenvalue weighted by Gasteiger charge is -2.24. The van der Waals surface area contributed by atoms with Crippen molar-refractivity contribution in [1.29, 1.82) is 0 Å². The summed E-state index contributed by atoms with van der Waals surface area (Å²) in [6, 6.07) is 1.34. The summed E-state index contributed by atoms with van der Waals surface area (Å²) in [6.07, 6.45) is 12.8. The van der Waals surface area contributed by atoms with Gasteiger partial charge in [-0.3, -0.25) is 19.2 Å². The average Bonchev–Trinajstić information content (AvgIpc) is 3.06. The van der Waals surface area contributed by atoms with Crippen molar-refractivity contribution < 1.29 is 19.2 Å². The number of carbonyl (C=O) groups is 4. The molecule has 9 nitrogen and oxygen atoms in total. The first-order valence-electron chi connectivity index (χ1n) is 22.1. The molecule has 5 N–H and O–H groups in total. The van der Waals surface area contributed by atoms with E-state index in [-0.39, 0.29) is 59.1 Å². The molecule has 0 saturated heterocycles. The Labute approximate surface area is 334 Å². The van der Waals surface area contributed by atoms with E-state index in [1.807, 2.05) is 27.7 Å². The first-order chi connectivity index (χ1) is 25.3. The second-order valence-electron chi connectivity index (χ2n) is 17.9. The van der Waals surface area contributed by atoms with E-state index in [0.29, 0.717) is 43.4 Å². The van der Waals surface area contributed by atoms with Gasteiger partial charge in [0.15, 0.2) is 5.78 Å². The third kappa shape index (κ3) is 32.6. The summed E-state index contributed by atoms with van der Waals surface area (Å²) in [4.78, 5) is 49.8. The minimum absolute atomic E-state index is 0.0183. The van der Waals surface area contributed by atoms with Gasteiger partial charge in [-0.15, -0.1) is 0 Å². The number of ketones is 3. The highest BCUT2D eigenvalue weighted by atomic mass is 16.2. The van der Waals surface area contributed by atoms with Gasteiger partial charge in [-0.2, -0.15) is 0 Å². The predicted molar refractivity (Wildman–Crippen MR) is 231 cm³/mol. The Balaban J connectivity index is 0. The van der Waals surface area contributed by atoms with Crippen LogP contribution in [0.2, 0.25) is 0 Å². The Morgan fingerprint density at radius 1 is 0.444 bits per heavy atom. The Morgan fingerprint density at radius 3 is 1.35 bits per heavy atom. The summed E-state index contributed by atoms with van der Waals surface area (Å²) in [5.41, 5.74) is 0. The quantitative estimate of drug-likeness (QED) is 0.0421. The lowest BCUT2D eigenvalue weighted by atomic mass is 9.85. The Hall–Kier alpha value is -1.68. The standard InChI is InChI=1S/C25H51N3O2.C20H40N2O2/c1-18(2)25(30)22(13-9-11-15-26-19(3)4)17-24(29)23(28-21(7)8)14-10-12-16-27-20(5)6;1-15(2)11-7-8-13-19(23)21-14-10-9-12-18(22-17(5)6)20(24)16(3)4/h18-23,26-28H,9-17H2,1-8H3;15-18,22H,7-14H2,1-6H3,(H,21,23). The zero-order valence-electron chi connectivity index (χ0n) is 37.9. The molecule has 0 aromatic carbocycles. The third-order valence-electron chi connectivity index (χ3n) is 9.47. The number of unbranched alkanes of at least 4 members (excludes halogenated alkanes) is 4. The highest BCUT2D eigenvalue weighted by molar-refractivity contribution is 5.91. The van der Waals surface area contributed by atoms with Gasteiger partial charge in [-0.1, -0.05) is 123 Å². The minimum Gasteiger partial charge on any atom is -0.356 e. The lowest BCUT2D eigenvalue weighted by molar-refractivity contribution is -0.131. The number of hydrogen-bond acceptors (Lipinski definition) is 8. The molecule has 3 atom stereocenters. The smallest absolute Gasteiger partial charge is 0.219 e. The zero-order chi connectivity index (χ0) is 41.6. The summed E-state index contributed by atoms with van der Waals surface area (Å²) < 4.78 is 0. The van der Waals surface area contributed by atoms with Gasteiger partial charge in [0.05, 0.1) is 12.1 Å². The number of hydrogen-bond donors (Lipinski definition) is 5. The fraction of sp³-hybridized carbons (Fsp3) is 0.911. The van der Waals surface area contributed by atoms with Gasteiger partial charge >= 0.3 is 0 Å². The van der Waals surface area contributed by atoms with Crippen LogP contribution in [0.15, 0.2) is 0 Å². The predicted octanol–water partition coefficient (Wildman–Crippen LogP) is 8.57. The molecule has 0 saturated carbocycles. The molecule has 0 spiro atoms. The molecule has 0 bridgehead atoms. The maximum absolute atomic E-state index is 13.1. The molecule has 0 aromatic heterocycles. The van der Waals surface area contributed by atoms with Crippen LogP contribution in [-0.4, -0.2) is 79.1 Å². The third-order valence-corrected chi connectivity index (χ3v) is 9.47. The number of carbonyl (C=O) groups excluding carboxylic acids is 4. The Morgan fingerprint density at radius 2 is 0.889 bits per heavy atom. The molecular formula is C45H91N5O4. The minimum atomic E-state index is -0.144. The largest absolute Gasteiger partial charge is 0.356 e. The number of amides is 1. The summed E-state index contributed by atoms with van der Waals surface area (Å²) in [7, 11) is 0. The SMILES string of the molecule is CC(C)CCCCC(=O)NCCCCC(NC(C)C)C(=O)C(C)C.CC(C)NCCCCC(CC(=O)C(CCCCNC(C)C)NC(C)C)C(=O)C(C)C. The van der Waals surface area contributed by atoms with Gasteiger partial charge in [-0.25, -0.2) is 0 Å². The van der Waals surface area contributed by atoms with Crippen LogP contribution >= 0.6 is 0 Å². The van der Waals surface area contributed by atoms with Crippen LogP contribution in [0.25, 0.3) is 0 Å². The van der Waals surface area contributed by atoms with E-state index in [2.05, 4.69) is 95.8 Å². The fourth-order valence-corrected chi connectivity index (χ4v) is 6.45. The van der Waals surface area contributed by atoms with Gasteiger partial charge in [-0.05, 0) is 70.4 Å². The Kier molecular flexibility index (Phi) is 33.7. The molecule has 320 valence electrons. The van der Waals surface area contributed by atoms with Gasteiger partial charge in [0.25, 0.3) is 0 Å². The van der Waals surface area contributed by atoms with Crippen LogP contribution in [-0.2, 0) is 19.2 Å². The van der Waals surface area contributed by atoms with Crippen LogP contribution in [0.1, 0.15) is 187 Å². The van der Waals surface area contributed by atoms with E-state index >= 15 is 0 Å². The van der Waals surface area contributed by atoms with Crippen molar-refractivity contribution in [1.82, 2.24) is 26.6 Å². The second kappa shape index (κ2) is 33.5. The van der Waals surface area contributed by atoms with Crippen molar-refractivity contribution in [2.45, 2.75) is 223 Å². The number of Topliss-reactive ketones (excluding diaryl/α,β-unsaturated/α-hetero) is 3. The number of nitrogens with one attached hydrogen (secondary N) is 5. The highest BCUT2D eigenvalue weighted by Crippen LogP contribution is 2.21. The van der Waals surface area contributed by atoms with E-state index in [4.69, 9.17) is 0 Å². The lowest BCUT2D eigenvalue weighted by Crippen LogP contribution is -2.42. The van der Waals surface area contributed by atoms with Crippen molar-refractivity contribution in [3.63, 3.8) is 0 Å². The van der Waals surface area contributed by atoms with Gasteiger partial charge in [0.2, 0.25) is 5.91 Å². The van der Waals surface area contributed by atoms with Crippen LogP contribution in [0.5, 0.6) is 0 Å². The Bertz CT molecular complexity index is 964. The molecule has 9 heteroatoms. The molecule has 54 heavy (non-hydrogen) atoms. The maximum Gasteiger partial charge on any atom is 0.219 e. The van der Waals surface area contributed by atoms with Crippen LogP contribution in [0.3, 0.4) is 0 Å². The van der Waals surface area contributed by atoms with Gasteiger partial charge < -0.3 is 26.6 Å². The van der Waals surface area contributed by atoms with Gasteiger partial charge in [0, 0.05) is 61.3 Å². The monoisotopic (exact) mass is 766 g/mol. The van der Waals surface area contributed by atoms with Crippen molar-refractivity contribution in [3.05, 3.63) is 0 Å². The number of rotatable bonds is 33. The zero-order valence-corrected chi connectivity index (χ0v) is 37.9. The van der Waals surface area contributed by atoms with Crippen molar-refractivity contribution in [2.75, 3.05) is 19.6 Å². The normalized spacial score (nSPS) is 13.6. The van der Waals surface area contributed by atoms with Crippen LogP contribution in [0, 0.1) is 23.7 Å². The molecule has 0 rings (SSSR count). The average molecular weight is 766 g/mol. The first kappa shape index (κ1) is 54.4. The van der Waals surface area contributed by atoms with E-state index in [9.17, 15) is 19.2 Å². The maximum atomic E-state index is 13.1. The van der Waals surface area contributed by atoms with Gasteiger partial charge in [0.1, 0.15) is 11.6 Å². The highest BCUT2D eigenvalue weighted by Gasteiger charge is 2.28. The van der Waals surface area contributed by atoms with Crippen molar-refractivity contribution in [2.24, 2.45) is 23.7 Å². The summed E-state index contributed by atoms with van der Waals surface area (Å²) in [6.45, 7) is 31.8. The first-order valence-corrected chi connectivity index (χ1v) is 22.1. The van der Waals surface area contributed by atoms with Crippen molar-refractivity contribution in [3.8, 4) is 0 Å². The van der Waals surface area contributed by atoms with E-state index in [0.717, 1.165) is 83.7 Å². The molecule has 1 amide bonds. The molecule has 0 aliphatic rings. The molecule has 3 unspecified atom stereocenters. The molecule has 0 radical (unpaired) electrons. The van der Waals surface area contributed by atoms with E-state index < -0.39 is 0 Å². The van der Waals surface area contributed by atoms with Crippen LogP contribution in [0.4, 0.5) is 0 Å². The molecule has 0 aliphatic carbocycles. The topological polar surface area (TPSA) is 128 Å². The second-order valence-corrected chi connectivity index (χ2v) is 17.9. The molecule has 0 aromatic rings. The molecule has 0 heterocycles. The molecular weight excluding hydrogens is 675 g/mol. The molecule has 0 aliphatic heterocycles. The van der Waals surface area contributed by atoms with Crippen molar-refractivity contribution >= 4 is 23.3 Å². The summed E-state index contributed by atoms with van der Waals surface area (Å²) >= 11 is 0.